The quantitative estimate of drug-likeness (QED) is 0.152. The maximum atomic E-state index is 7.08. The van der Waals surface area contributed by atoms with Crippen LogP contribution < -0.4 is 9.80 Å². The molecular weight excluding hydrogens is 989 g/mol. The zero-order valence-electron chi connectivity index (χ0n) is 46.2. The third-order valence-corrected chi connectivity index (χ3v) is 16.4. The Morgan fingerprint density at radius 1 is 0.259 bits per heavy atom. The Balaban J connectivity index is 0.898. The maximum Gasteiger partial charge on any atom is 0.159 e. The standard InChI is InChI=1S/C76H58N2O3/c1-75(2,3)65-31-15-27-59-61-29-17-33-67(73(61)80-71(59)65)77(55-25-13-23-49(39-55)47-19-9-7-10-20-47)57-37-35-51-45-69-63(43-53(51)41-57)64-44-54-42-58(38-36-52(54)46-70(64)79-69)78(56-26-14-24-50(40-56)48-21-11-8-12-22-48)68-34-18-30-62-60-28-16-32-66(76(4,5)6)72(60)81-74(62)68/h7-46H,1-6H3. The third-order valence-electron chi connectivity index (χ3n) is 16.4. The number of nitrogens with zero attached hydrogens (tertiary/aromatic N) is 2. The van der Waals surface area contributed by atoms with E-state index in [-0.39, 0.29) is 10.8 Å². The molecule has 12 aromatic carbocycles. The van der Waals surface area contributed by atoms with Crippen molar-refractivity contribution in [1.82, 2.24) is 0 Å². The van der Waals surface area contributed by atoms with E-state index in [0.29, 0.717) is 0 Å². The van der Waals surface area contributed by atoms with Crippen molar-refractivity contribution in [1.29, 1.82) is 0 Å². The monoisotopic (exact) mass is 1050 g/mol. The van der Waals surface area contributed by atoms with Crippen LogP contribution in [0.2, 0.25) is 0 Å². The molecule has 3 heterocycles. The Bertz CT molecular complexity index is 4660. The molecule has 5 heteroatoms. The zero-order chi connectivity index (χ0) is 54.7. The van der Waals surface area contributed by atoms with E-state index in [0.717, 1.165) is 144 Å². The first-order valence-electron chi connectivity index (χ1n) is 28.0. The molecule has 3 aromatic heterocycles. The summed E-state index contributed by atoms with van der Waals surface area (Å²) in [4.78, 5) is 4.72. The van der Waals surface area contributed by atoms with Crippen LogP contribution in [0.25, 0.3) is 110 Å². The number of hydrogen-bond donors (Lipinski definition) is 0. The van der Waals surface area contributed by atoms with Crippen molar-refractivity contribution in [3.05, 3.63) is 254 Å². The minimum Gasteiger partial charge on any atom is -0.456 e. The molecule has 0 bridgehead atoms. The lowest BCUT2D eigenvalue weighted by molar-refractivity contribution is 0.572. The van der Waals surface area contributed by atoms with E-state index in [4.69, 9.17) is 13.3 Å². The number of para-hydroxylation sites is 4. The fourth-order valence-electron chi connectivity index (χ4n) is 12.4. The molecule has 0 spiro atoms. The van der Waals surface area contributed by atoms with E-state index < -0.39 is 0 Å². The van der Waals surface area contributed by atoms with Crippen LogP contribution in [0, 0.1) is 0 Å². The van der Waals surface area contributed by atoms with Crippen molar-refractivity contribution >= 4 is 121 Å². The molecule has 0 aliphatic heterocycles. The second kappa shape index (κ2) is 18.4. The highest BCUT2D eigenvalue weighted by Crippen LogP contribution is 2.48. The molecule has 390 valence electrons. The SMILES string of the molecule is CC(C)(C)c1cccc2c1oc1c(N(c3cccc(-c4ccccc4)c3)c3ccc4cc5oc6cc7ccc(N(c8cccc(-c9ccccc9)c8)c8cccc9c8oc8c(C(C)(C)C)cccc89)cc7cc6c5cc4c3)cccc12. The molecule has 0 N–H and O–H groups in total. The van der Waals surface area contributed by atoms with Gasteiger partial charge in [-0.25, -0.2) is 0 Å². The molecule has 81 heavy (non-hydrogen) atoms. The lowest BCUT2D eigenvalue weighted by Crippen LogP contribution is -2.11. The topological polar surface area (TPSA) is 45.9 Å². The average molecular weight is 1050 g/mol. The van der Waals surface area contributed by atoms with Crippen molar-refractivity contribution in [2.45, 2.75) is 52.4 Å². The van der Waals surface area contributed by atoms with Gasteiger partial charge in [-0.05, 0) is 140 Å². The Morgan fingerprint density at radius 3 is 1.05 bits per heavy atom. The minimum atomic E-state index is -0.106. The van der Waals surface area contributed by atoms with Crippen LogP contribution in [-0.2, 0) is 10.8 Å². The summed E-state index contributed by atoms with van der Waals surface area (Å²) in [5.74, 6) is 0. The van der Waals surface area contributed by atoms with Gasteiger partial charge in [-0.1, -0.05) is 199 Å². The van der Waals surface area contributed by atoms with E-state index in [1.165, 1.54) is 11.1 Å². The Hall–Kier alpha value is -9.84. The first-order chi connectivity index (χ1) is 39.4. The highest BCUT2D eigenvalue weighted by Gasteiger charge is 2.27. The maximum absolute atomic E-state index is 7.08. The van der Waals surface area contributed by atoms with E-state index in [1.807, 2.05) is 0 Å². The van der Waals surface area contributed by atoms with Crippen LogP contribution >= 0.6 is 0 Å². The van der Waals surface area contributed by atoms with E-state index in [2.05, 4.69) is 294 Å². The van der Waals surface area contributed by atoms with Gasteiger partial charge in [-0.3, -0.25) is 0 Å². The molecular formula is C76H58N2O3. The van der Waals surface area contributed by atoms with Crippen molar-refractivity contribution in [3.8, 4) is 22.3 Å². The molecule has 0 aliphatic carbocycles. The summed E-state index contributed by atoms with van der Waals surface area (Å²) in [6, 6.07) is 87.5. The summed E-state index contributed by atoms with van der Waals surface area (Å²) in [5.41, 5.74) is 18.0. The van der Waals surface area contributed by atoms with Crippen LogP contribution in [0.1, 0.15) is 52.7 Å². The molecule has 0 fully saturated rings. The molecule has 15 aromatic rings. The summed E-state index contributed by atoms with van der Waals surface area (Å²) in [6.45, 7) is 13.5. The fourth-order valence-corrected chi connectivity index (χ4v) is 12.4. The molecule has 0 aliphatic rings. The minimum absolute atomic E-state index is 0.106. The summed E-state index contributed by atoms with van der Waals surface area (Å²) in [7, 11) is 0. The number of anilines is 6. The molecule has 0 radical (unpaired) electrons. The van der Waals surface area contributed by atoms with Crippen molar-refractivity contribution in [2.75, 3.05) is 9.80 Å². The van der Waals surface area contributed by atoms with Crippen LogP contribution in [0.5, 0.6) is 0 Å². The second-order valence-electron chi connectivity index (χ2n) is 23.7. The predicted molar refractivity (Wildman–Crippen MR) is 341 cm³/mol. The van der Waals surface area contributed by atoms with E-state index >= 15 is 0 Å². The van der Waals surface area contributed by atoms with Gasteiger partial charge in [0.05, 0.1) is 11.4 Å². The first-order valence-corrected chi connectivity index (χ1v) is 28.0. The molecule has 15 rings (SSSR count). The Labute approximate surface area is 470 Å². The lowest BCUT2D eigenvalue weighted by Gasteiger charge is -2.26. The number of benzene rings is 12. The van der Waals surface area contributed by atoms with Crippen LogP contribution in [-0.4, -0.2) is 0 Å². The van der Waals surface area contributed by atoms with Crippen molar-refractivity contribution < 1.29 is 13.3 Å². The van der Waals surface area contributed by atoms with E-state index in [1.54, 1.807) is 0 Å². The largest absolute Gasteiger partial charge is 0.456 e. The van der Waals surface area contributed by atoms with Gasteiger partial charge in [-0.15, -0.1) is 0 Å². The van der Waals surface area contributed by atoms with Crippen LogP contribution in [0.3, 0.4) is 0 Å². The molecule has 5 nitrogen and oxygen atoms in total. The molecule has 0 saturated carbocycles. The number of rotatable bonds is 8. The smallest absolute Gasteiger partial charge is 0.159 e. The van der Waals surface area contributed by atoms with Gasteiger partial charge in [0, 0.05) is 66.2 Å². The first kappa shape index (κ1) is 48.3. The highest BCUT2D eigenvalue weighted by atomic mass is 16.3. The number of fused-ring (bicyclic) bond motifs is 11. The second-order valence-corrected chi connectivity index (χ2v) is 23.7. The van der Waals surface area contributed by atoms with Gasteiger partial charge in [0.1, 0.15) is 22.3 Å². The van der Waals surface area contributed by atoms with Gasteiger partial charge in [-0.2, -0.15) is 0 Å². The molecule has 0 unspecified atom stereocenters. The van der Waals surface area contributed by atoms with Crippen LogP contribution in [0.4, 0.5) is 34.1 Å². The Kier molecular flexibility index (Phi) is 11.0. The Morgan fingerprint density at radius 2 is 0.630 bits per heavy atom. The summed E-state index contributed by atoms with van der Waals surface area (Å²) in [5, 5.41) is 10.9. The summed E-state index contributed by atoms with van der Waals surface area (Å²) in [6.07, 6.45) is 0. The lowest BCUT2D eigenvalue weighted by atomic mass is 9.86. The van der Waals surface area contributed by atoms with Gasteiger partial charge in [0.15, 0.2) is 11.2 Å². The third kappa shape index (κ3) is 8.14. The summed E-state index contributed by atoms with van der Waals surface area (Å²) >= 11 is 0. The van der Waals surface area contributed by atoms with Crippen molar-refractivity contribution in [2.24, 2.45) is 0 Å². The number of hydrogen-bond acceptors (Lipinski definition) is 5. The zero-order valence-corrected chi connectivity index (χ0v) is 46.2. The predicted octanol–water partition coefficient (Wildman–Crippen LogP) is 22.6. The van der Waals surface area contributed by atoms with Gasteiger partial charge < -0.3 is 23.1 Å². The van der Waals surface area contributed by atoms with Gasteiger partial charge >= 0.3 is 0 Å². The molecule has 0 atom stereocenters. The normalized spacial score (nSPS) is 12.3. The van der Waals surface area contributed by atoms with Gasteiger partial charge in [0.25, 0.3) is 0 Å². The molecule has 0 amide bonds. The molecule has 0 saturated heterocycles. The average Bonchev–Trinajstić information content (AvgIpc) is 4.00. The van der Waals surface area contributed by atoms with E-state index in [9.17, 15) is 0 Å². The van der Waals surface area contributed by atoms with Gasteiger partial charge in [0.2, 0.25) is 0 Å². The highest BCUT2D eigenvalue weighted by molar-refractivity contribution is 6.16. The fraction of sp³-hybridized carbons (Fsp3) is 0.105. The van der Waals surface area contributed by atoms with Crippen LogP contribution in [0.15, 0.2) is 256 Å². The number of furan rings is 3. The summed E-state index contributed by atoms with van der Waals surface area (Å²) < 4.78 is 20.9. The van der Waals surface area contributed by atoms with Crippen molar-refractivity contribution in [3.63, 3.8) is 0 Å².